The summed E-state index contributed by atoms with van der Waals surface area (Å²) in [6.07, 6.45) is -10.3. The van der Waals surface area contributed by atoms with Gasteiger partial charge in [-0.25, -0.2) is 0 Å². The van der Waals surface area contributed by atoms with E-state index in [1.54, 1.807) is 24.3 Å². The van der Waals surface area contributed by atoms with Crippen molar-refractivity contribution < 1.29 is 35.9 Å². The van der Waals surface area contributed by atoms with Gasteiger partial charge in [-0.2, -0.15) is 26.3 Å². The Bertz CT molecular complexity index is 895. The van der Waals surface area contributed by atoms with Crippen LogP contribution in [0.4, 0.5) is 26.3 Å². The van der Waals surface area contributed by atoms with Crippen molar-refractivity contribution in [2.45, 2.75) is 24.8 Å². The maximum absolute atomic E-state index is 12.9. The summed E-state index contributed by atoms with van der Waals surface area (Å²) < 4.78 is 78.2. The lowest BCUT2D eigenvalue weighted by molar-refractivity contribution is -0.143. The molecule has 0 saturated carbocycles. The molecule has 3 N–H and O–H groups in total. The van der Waals surface area contributed by atoms with Crippen LogP contribution in [0.15, 0.2) is 46.9 Å². The molecule has 11 heteroatoms. The molecule has 0 bridgehead atoms. The summed E-state index contributed by atoms with van der Waals surface area (Å²) in [5.41, 5.74) is 1.61. The van der Waals surface area contributed by atoms with Crippen LogP contribution in [0.25, 0.3) is 0 Å². The zero-order valence-electron chi connectivity index (χ0n) is 14.4. The minimum absolute atomic E-state index is 0.0938. The average molecular weight is 483 g/mol. The van der Waals surface area contributed by atoms with Crippen LogP contribution in [0.3, 0.4) is 0 Å². The standard InChI is InChI=1S/C18H13BrF6N2O2/c19-13-4-2-1-3-9(13)7-14(15(26)28)27-16(29)10-5-11(17(20,21)22)8-12(6-10)18(23,24)25/h1-6,8,14H,7H2,(H2,26,28)(H,27,29)/t14-/m0/s1. The van der Waals surface area contributed by atoms with E-state index in [1.165, 1.54) is 0 Å². The SMILES string of the molecule is NC(=O)[C@H](Cc1ccccc1Br)NC(=O)c1cc(C(F)(F)F)cc(C(F)(F)F)c1. The number of hydrogen-bond donors (Lipinski definition) is 2. The van der Waals surface area contributed by atoms with E-state index >= 15 is 0 Å². The van der Waals surface area contributed by atoms with Crippen molar-refractivity contribution in [1.29, 1.82) is 0 Å². The molecule has 0 aliphatic carbocycles. The van der Waals surface area contributed by atoms with Gasteiger partial charge in [-0.1, -0.05) is 34.1 Å². The summed E-state index contributed by atoms with van der Waals surface area (Å²) in [6, 6.07) is 5.70. The van der Waals surface area contributed by atoms with Crippen molar-refractivity contribution in [2.24, 2.45) is 5.73 Å². The molecule has 0 heterocycles. The first-order chi connectivity index (χ1) is 13.3. The van der Waals surface area contributed by atoms with Gasteiger partial charge in [0.15, 0.2) is 0 Å². The molecule has 2 amide bonds. The van der Waals surface area contributed by atoms with Crippen LogP contribution in [0.5, 0.6) is 0 Å². The number of halogens is 7. The Kier molecular flexibility index (Phi) is 6.61. The average Bonchev–Trinajstić information content (AvgIpc) is 2.60. The number of carbonyl (C=O) groups is 2. The molecule has 2 aromatic rings. The monoisotopic (exact) mass is 482 g/mol. The van der Waals surface area contributed by atoms with Gasteiger partial charge in [0.25, 0.3) is 5.91 Å². The molecular weight excluding hydrogens is 470 g/mol. The Morgan fingerprint density at radius 3 is 1.93 bits per heavy atom. The number of alkyl halides is 6. The second-order valence-electron chi connectivity index (χ2n) is 6.02. The third kappa shape index (κ3) is 5.96. The first-order valence-electron chi connectivity index (χ1n) is 7.92. The Morgan fingerprint density at radius 1 is 0.966 bits per heavy atom. The Labute approximate surface area is 169 Å². The number of rotatable bonds is 5. The van der Waals surface area contributed by atoms with Crippen molar-refractivity contribution >= 4 is 27.7 Å². The van der Waals surface area contributed by atoms with Crippen molar-refractivity contribution in [3.8, 4) is 0 Å². The third-order valence-corrected chi connectivity index (χ3v) is 4.65. The van der Waals surface area contributed by atoms with Crippen LogP contribution in [0.2, 0.25) is 0 Å². The molecule has 0 saturated heterocycles. The number of benzene rings is 2. The zero-order valence-corrected chi connectivity index (χ0v) is 16.0. The molecule has 1 atom stereocenters. The Morgan fingerprint density at radius 2 is 1.48 bits per heavy atom. The molecule has 0 fully saturated rings. The molecule has 156 valence electrons. The van der Waals surface area contributed by atoms with Crippen molar-refractivity contribution in [1.82, 2.24) is 5.32 Å². The highest BCUT2D eigenvalue weighted by Gasteiger charge is 2.37. The van der Waals surface area contributed by atoms with Gasteiger partial charge >= 0.3 is 12.4 Å². The summed E-state index contributed by atoms with van der Waals surface area (Å²) in [7, 11) is 0. The largest absolute Gasteiger partial charge is 0.416 e. The topological polar surface area (TPSA) is 72.2 Å². The maximum atomic E-state index is 12.9. The highest BCUT2D eigenvalue weighted by molar-refractivity contribution is 9.10. The number of primary amides is 1. The van der Waals surface area contributed by atoms with Gasteiger partial charge < -0.3 is 11.1 Å². The number of amides is 2. The van der Waals surface area contributed by atoms with Crippen LogP contribution in [-0.4, -0.2) is 17.9 Å². The predicted molar refractivity (Wildman–Crippen MR) is 94.7 cm³/mol. The van der Waals surface area contributed by atoms with E-state index in [0.717, 1.165) is 0 Å². The fourth-order valence-electron chi connectivity index (χ4n) is 2.43. The number of carbonyl (C=O) groups excluding carboxylic acids is 2. The lowest BCUT2D eigenvalue weighted by atomic mass is 10.0. The molecule has 0 spiro atoms. The molecule has 0 radical (unpaired) electrons. The fourth-order valence-corrected chi connectivity index (χ4v) is 2.88. The van der Waals surface area contributed by atoms with Crippen molar-refractivity contribution in [2.75, 3.05) is 0 Å². The van der Waals surface area contributed by atoms with E-state index in [2.05, 4.69) is 21.2 Å². The number of nitrogens with two attached hydrogens (primary N) is 1. The summed E-state index contributed by atoms with van der Waals surface area (Å²) in [6.45, 7) is 0. The normalized spacial score (nSPS) is 13.1. The van der Waals surface area contributed by atoms with E-state index in [0.29, 0.717) is 10.0 Å². The van der Waals surface area contributed by atoms with Crippen LogP contribution in [0, 0.1) is 0 Å². The summed E-state index contributed by atoms with van der Waals surface area (Å²) in [4.78, 5) is 24.0. The number of nitrogens with one attached hydrogen (secondary N) is 1. The van der Waals surface area contributed by atoms with E-state index in [9.17, 15) is 35.9 Å². The lowest BCUT2D eigenvalue weighted by Crippen LogP contribution is -2.46. The van der Waals surface area contributed by atoms with Gasteiger partial charge in [-0.05, 0) is 29.8 Å². The minimum Gasteiger partial charge on any atom is -0.368 e. The summed E-state index contributed by atoms with van der Waals surface area (Å²) >= 11 is 3.23. The number of hydrogen-bond acceptors (Lipinski definition) is 2. The quantitative estimate of drug-likeness (QED) is 0.623. The first kappa shape index (κ1) is 22.7. The third-order valence-electron chi connectivity index (χ3n) is 3.88. The van der Waals surface area contributed by atoms with E-state index < -0.39 is 46.9 Å². The molecule has 0 unspecified atom stereocenters. The van der Waals surface area contributed by atoms with Crippen LogP contribution < -0.4 is 11.1 Å². The van der Waals surface area contributed by atoms with Crippen LogP contribution in [0.1, 0.15) is 27.0 Å². The molecule has 0 aromatic heterocycles. The van der Waals surface area contributed by atoms with Gasteiger partial charge in [0, 0.05) is 16.5 Å². The summed E-state index contributed by atoms with van der Waals surface area (Å²) in [5.74, 6) is -2.30. The minimum atomic E-state index is -5.10. The van der Waals surface area contributed by atoms with Crippen LogP contribution >= 0.6 is 15.9 Å². The molecule has 0 aliphatic heterocycles. The van der Waals surface area contributed by atoms with Gasteiger partial charge in [-0.3, -0.25) is 9.59 Å². The molecular formula is C18H13BrF6N2O2. The van der Waals surface area contributed by atoms with Gasteiger partial charge in [0.2, 0.25) is 5.91 Å². The van der Waals surface area contributed by atoms with Crippen LogP contribution in [-0.2, 0) is 23.6 Å². The Balaban J connectivity index is 2.36. The smallest absolute Gasteiger partial charge is 0.368 e. The van der Waals surface area contributed by atoms with E-state index in [-0.39, 0.29) is 24.6 Å². The fraction of sp³-hybridized carbons (Fsp3) is 0.222. The zero-order chi connectivity index (χ0) is 22.0. The first-order valence-corrected chi connectivity index (χ1v) is 8.71. The second kappa shape index (κ2) is 8.44. The van der Waals surface area contributed by atoms with E-state index in [4.69, 9.17) is 5.73 Å². The summed E-state index contributed by atoms with van der Waals surface area (Å²) in [5, 5.41) is 2.10. The van der Waals surface area contributed by atoms with E-state index in [1.807, 2.05) is 0 Å². The molecule has 0 aliphatic rings. The Hall–Kier alpha value is -2.56. The maximum Gasteiger partial charge on any atom is 0.416 e. The lowest BCUT2D eigenvalue weighted by Gasteiger charge is -2.18. The molecule has 4 nitrogen and oxygen atoms in total. The predicted octanol–water partition coefficient (Wildman–Crippen LogP) is 4.31. The molecule has 29 heavy (non-hydrogen) atoms. The highest BCUT2D eigenvalue weighted by Crippen LogP contribution is 2.36. The van der Waals surface area contributed by atoms with Crippen molar-refractivity contribution in [3.63, 3.8) is 0 Å². The van der Waals surface area contributed by atoms with Gasteiger partial charge in [0.05, 0.1) is 11.1 Å². The van der Waals surface area contributed by atoms with Gasteiger partial charge in [-0.15, -0.1) is 0 Å². The molecule has 2 aromatic carbocycles. The molecule has 2 rings (SSSR count). The van der Waals surface area contributed by atoms with Gasteiger partial charge in [0.1, 0.15) is 6.04 Å². The highest BCUT2D eigenvalue weighted by atomic mass is 79.9. The second-order valence-corrected chi connectivity index (χ2v) is 6.87. The van der Waals surface area contributed by atoms with Crippen molar-refractivity contribution in [3.05, 3.63) is 69.2 Å².